The van der Waals surface area contributed by atoms with Crippen LogP contribution in [0, 0.1) is 12.3 Å². The Bertz CT molecular complexity index is 585. The molecule has 3 heteroatoms. The van der Waals surface area contributed by atoms with E-state index in [9.17, 15) is 0 Å². The zero-order valence-electron chi connectivity index (χ0n) is 12.0. The van der Waals surface area contributed by atoms with Gasteiger partial charge in [0, 0.05) is 6.04 Å². The number of nitrogens with one attached hydrogen (secondary N) is 1. The van der Waals surface area contributed by atoms with Crippen LogP contribution in [-0.2, 0) is 0 Å². The Hall–Kier alpha value is -1.09. The molecule has 0 saturated heterocycles. The molecule has 19 heavy (non-hydrogen) atoms. The summed E-state index contributed by atoms with van der Waals surface area (Å²) in [5.41, 5.74) is 2.90. The summed E-state index contributed by atoms with van der Waals surface area (Å²) in [7, 11) is 0. The molecule has 0 bridgehead atoms. The lowest BCUT2D eigenvalue weighted by molar-refractivity contribution is 0.229. The van der Waals surface area contributed by atoms with Gasteiger partial charge in [-0.2, -0.15) is 0 Å². The number of aryl methyl sites for hydroxylation is 1. The zero-order valence-corrected chi connectivity index (χ0v) is 12.8. The lowest BCUT2D eigenvalue weighted by Crippen LogP contribution is -2.31. The van der Waals surface area contributed by atoms with Crippen LogP contribution in [0.2, 0.25) is 0 Å². The molecule has 1 aliphatic carbocycles. The van der Waals surface area contributed by atoms with E-state index in [1.807, 2.05) is 0 Å². The number of hydrogen-bond donors (Lipinski definition) is 1. The summed E-state index contributed by atoms with van der Waals surface area (Å²) in [6.07, 6.45) is 5.21. The van der Waals surface area contributed by atoms with Crippen molar-refractivity contribution >= 4 is 26.7 Å². The number of thiazole rings is 1. The molecule has 102 valence electrons. The molecule has 0 radical (unpaired) electrons. The first kappa shape index (κ1) is 12.9. The average molecular weight is 274 g/mol. The minimum absolute atomic E-state index is 0.475. The molecule has 1 N–H and O–H groups in total. The second kappa shape index (κ2) is 4.78. The molecule has 3 rings (SSSR count). The highest BCUT2D eigenvalue weighted by Crippen LogP contribution is 2.37. The molecule has 1 unspecified atom stereocenters. The van der Waals surface area contributed by atoms with Crippen LogP contribution in [0.1, 0.15) is 45.1 Å². The van der Waals surface area contributed by atoms with Gasteiger partial charge in [-0.25, -0.2) is 4.98 Å². The molecule has 1 fully saturated rings. The van der Waals surface area contributed by atoms with Crippen LogP contribution in [0.3, 0.4) is 0 Å². The maximum absolute atomic E-state index is 4.70. The molecule has 1 heterocycles. The largest absolute Gasteiger partial charge is 0.359 e. The molecule has 0 aliphatic heterocycles. The normalized spacial score (nSPS) is 22.6. The van der Waals surface area contributed by atoms with Crippen LogP contribution < -0.4 is 5.32 Å². The van der Waals surface area contributed by atoms with E-state index in [1.54, 1.807) is 11.3 Å². The second-order valence-electron chi connectivity index (χ2n) is 6.59. The van der Waals surface area contributed by atoms with Gasteiger partial charge in [-0.05, 0) is 49.3 Å². The number of rotatable bonds is 2. The maximum atomic E-state index is 4.70. The van der Waals surface area contributed by atoms with Gasteiger partial charge < -0.3 is 5.32 Å². The van der Waals surface area contributed by atoms with E-state index in [-0.39, 0.29) is 0 Å². The number of benzene rings is 1. The fourth-order valence-corrected chi connectivity index (χ4v) is 4.13. The van der Waals surface area contributed by atoms with Gasteiger partial charge >= 0.3 is 0 Å². The Labute approximate surface area is 119 Å². The number of nitrogens with zero attached hydrogens (tertiary/aromatic N) is 1. The third-order valence-electron chi connectivity index (χ3n) is 4.08. The van der Waals surface area contributed by atoms with Gasteiger partial charge in [0.15, 0.2) is 5.13 Å². The Kier molecular flexibility index (Phi) is 3.25. The fourth-order valence-electron chi connectivity index (χ4n) is 3.09. The van der Waals surface area contributed by atoms with Crippen LogP contribution in [0.25, 0.3) is 10.2 Å². The lowest BCUT2D eigenvalue weighted by Gasteiger charge is -2.35. The topological polar surface area (TPSA) is 24.9 Å². The third kappa shape index (κ3) is 2.92. The number of hydrogen-bond acceptors (Lipinski definition) is 3. The second-order valence-corrected chi connectivity index (χ2v) is 7.62. The van der Waals surface area contributed by atoms with Crippen molar-refractivity contribution in [3.63, 3.8) is 0 Å². The summed E-state index contributed by atoms with van der Waals surface area (Å²) in [4.78, 5) is 4.70. The molecule has 1 saturated carbocycles. The van der Waals surface area contributed by atoms with Crippen LogP contribution >= 0.6 is 11.3 Å². The molecule has 0 amide bonds. The van der Waals surface area contributed by atoms with Crippen LogP contribution in [0.4, 0.5) is 5.13 Å². The lowest BCUT2D eigenvalue weighted by atomic mass is 9.75. The van der Waals surface area contributed by atoms with Crippen LogP contribution in [0.15, 0.2) is 18.2 Å². The quantitative estimate of drug-likeness (QED) is 0.835. The van der Waals surface area contributed by atoms with Crippen molar-refractivity contribution in [1.82, 2.24) is 4.98 Å². The van der Waals surface area contributed by atoms with Crippen molar-refractivity contribution in [2.24, 2.45) is 5.41 Å². The van der Waals surface area contributed by atoms with E-state index in [4.69, 9.17) is 4.98 Å². The first-order valence-corrected chi connectivity index (χ1v) is 7.97. The van der Waals surface area contributed by atoms with Crippen molar-refractivity contribution < 1.29 is 0 Å². The summed E-state index contributed by atoms with van der Waals surface area (Å²) in [6.45, 7) is 6.89. The average Bonchev–Trinajstić information content (AvgIpc) is 2.68. The summed E-state index contributed by atoms with van der Waals surface area (Å²) in [5.74, 6) is 0. The summed E-state index contributed by atoms with van der Waals surface area (Å²) >= 11 is 1.78. The Morgan fingerprint density at radius 3 is 3.00 bits per heavy atom. The standard InChI is InChI=1S/C16H22N2S/c1-11-6-7-13-14(9-11)19-15(18-13)17-12-5-4-8-16(2,3)10-12/h6-7,9,12H,4-5,8,10H2,1-3H3,(H,17,18). The highest BCUT2D eigenvalue weighted by atomic mass is 32.1. The van der Waals surface area contributed by atoms with Gasteiger partial charge in [-0.15, -0.1) is 0 Å². The molecule has 2 aromatic rings. The number of fused-ring (bicyclic) bond motifs is 1. The maximum Gasteiger partial charge on any atom is 0.184 e. The molecule has 2 nitrogen and oxygen atoms in total. The SMILES string of the molecule is Cc1ccc2nc(NC3CCCC(C)(C)C3)sc2c1. The molecule has 1 aromatic heterocycles. The van der Waals surface area contributed by atoms with Crippen molar-refractivity contribution in [3.8, 4) is 0 Å². The van der Waals surface area contributed by atoms with Crippen molar-refractivity contribution in [1.29, 1.82) is 0 Å². The molecule has 1 atom stereocenters. The third-order valence-corrected chi connectivity index (χ3v) is 5.03. The number of aromatic nitrogens is 1. The van der Waals surface area contributed by atoms with E-state index < -0.39 is 0 Å². The van der Waals surface area contributed by atoms with E-state index >= 15 is 0 Å². The van der Waals surface area contributed by atoms with Crippen molar-refractivity contribution in [2.75, 3.05) is 5.32 Å². The molecular formula is C16H22N2S. The van der Waals surface area contributed by atoms with Gasteiger partial charge in [-0.3, -0.25) is 0 Å². The van der Waals surface area contributed by atoms with Gasteiger partial charge in [0.05, 0.1) is 10.2 Å². The first-order valence-electron chi connectivity index (χ1n) is 7.16. The van der Waals surface area contributed by atoms with Gasteiger partial charge in [0.1, 0.15) is 0 Å². The minimum atomic E-state index is 0.475. The first-order chi connectivity index (χ1) is 9.02. The Morgan fingerprint density at radius 2 is 2.21 bits per heavy atom. The van der Waals surface area contributed by atoms with E-state index in [2.05, 4.69) is 44.3 Å². The van der Waals surface area contributed by atoms with Gasteiger partial charge in [-0.1, -0.05) is 37.7 Å². The van der Waals surface area contributed by atoms with Crippen molar-refractivity contribution in [3.05, 3.63) is 23.8 Å². The van der Waals surface area contributed by atoms with Gasteiger partial charge in [0.2, 0.25) is 0 Å². The molecule has 0 spiro atoms. The highest BCUT2D eigenvalue weighted by Gasteiger charge is 2.28. The fraction of sp³-hybridized carbons (Fsp3) is 0.562. The Morgan fingerprint density at radius 1 is 1.37 bits per heavy atom. The summed E-state index contributed by atoms with van der Waals surface area (Å²) in [6, 6.07) is 7.07. The molecule has 1 aliphatic rings. The van der Waals surface area contributed by atoms with Crippen LogP contribution in [0.5, 0.6) is 0 Å². The van der Waals surface area contributed by atoms with E-state index in [0.29, 0.717) is 11.5 Å². The predicted octanol–water partition coefficient (Wildman–Crippen LogP) is 4.99. The molecular weight excluding hydrogens is 252 g/mol. The van der Waals surface area contributed by atoms with E-state index in [1.165, 1.54) is 35.9 Å². The Balaban J connectivity index is 1.77. The summed E-state index contributed by atoms with van der Waals surface area (Å²) < 4.78 is 1.29. The minimum Gasteiger partial charge on any atom is -0.359 e. The van der Waals surface area contributed by atoms with Crippen LogP contribution in [-0.4, -0.2) is 11.0 Å². The van der Waals surface area contributed by atoms with E-state index in [0.717, 1.165) is 10.6 Å². The predicted molar refractivity (Wildman–Crippen MR) is 84.0 cm³/mol. The van der Waals surface area contributed by atoms with Gasteiger partial charge in [0.25, 0.3) is 0 Å². The zero-order chi connectivity index (χ0) is 13.5. The molecule has 1 aromatic carbocycles. The summed E-state index contributed by atoms with van der Waals surface area (Å²) in [5, 5.41) is 4.74. The monoisotopic (exact) mass is 274 g/mol. The highest BCUT2D eigenvalue weighted by molar-refractivity contribution is 7.22. The smallest absolute Gasteiger partial charge is 0.184 e. The number of anilines is 1. The van der Waals surface area contributed by atoms with Crippen molar-refractivity contribution in [2.45, 2.75) is 52.5 Å².